The van der Waals surface area contributed by atoms with Gasteiger partial charge in [-0.2, -0.15) is 0 Å². The Morgan fingerprint density at radius 2 is 1.32 bits per heavy atom. The van der Waals surface area contributed by atoms with Crippen molar-refractivity contribution in [3.63, 3.8) is 0 Å². The highest BCUT2D eigenvalue weighted by Gasteiger charge is 2.64. The van der Waals surface area contributed by atoms with E-state index in [9.17, 15) is 4.79 Å². The van der Waals surface area contributed by atoms with E-state index in [4.69, 9.17) is 9.47 Å². The molecule has 0 amide bonds. The molecule has 2 aromatic rings. The summed E-state index contributed by atoms with van der Waals surface area (Å²) in [4.78, 5) is 13.1. The van der Waals surface area contributed by atoms with Gasteiger partial charge in [-0.3, -0.25) is 0 Å². The predicted molar refractivity (Wildman–Crippen MR) is 123 cm³/mol. The zero-order valence-corrected chi connectivity index (χ0v) is 19.2. The van der Waals surface area contributed by atoms with E-state index in [1.807, 2.05) is 0 Å². The van der Waals surface area contributed by atoms with Gasteiger partial charge in [0.05, 0.1) is 5.41 Å². The fourth-order valence-electron chi connectivity index (χ4n) is 6.85. The van der Waals surface area contributed by atoms with Crippen molar-refractivity contribution in [2.45, 2.75) is 94.7 Å². The highest BCUT2D eigenvalue weighted by Crippen LogP contribution is 2.63. The molecule has 2 aromatic carbocycles. The van der Waals surface area contributed by atoms with Crippen molar-refractivity contribution in [3.8, 4) is 0 Å². The van der Waals surface area contributed by atoms with Crippen molar-refractivity contribution in [1.29, 1.82) is 0 Å². The van der Waals surface area contributed by atoms with Crippen LogP contribution in [0.4, 0.5) is 4.79 Å². The van der Waals surface area contributed by atoms with Crippen LogP contribution in [-0.4, -0.2) is 18.4 Å². The minimum atomic E-state index is -0.501. The Kier molecular flexibility index (Phi) is 4.73. The van der Waals surface area contributed by atoms with Gasteiger partial charge in [-0.1, -0.05) is 82.6 Å². The van der Waals surface area contributed by atoms with E-state index >= 15 is 0 Å². The van der Waals surface area contributed by atoms with Crippen molar-refractivity contribution in [2.24, 2.45) is 0 Å². The Labute approximate surface area is 186 Å². The fraction of sp³-hybridized carbons (Fsp3) is 0.536. The molecule has 3 aliphatic rings. The summed E-state index contributed by atoms with van der Waals surface area (Å²) < 4.78 is 12.2. The summed E-state index contributed by atoms with van der Waals surface area (Å²) in [5, 5.41) is 0. The molecule has 0 aromatic heterocycles. The molecule has 3 aliphatic carbocycles. The normalized spacial score (nSPS) is 28.2. The summed E-state index contributed by atoms with van der Waals surface area (Å²) in [6, 6.07) is 17.4. The van der Waals surface area contributed by atoms with Gasteiger partial charge in [-0.25, -0.2) is 4.79 Å². The summed E-state index contributed by atoms with van der Waals surface area (Å²) >= 11 is 0. The first-order valence-electron chi connectivity index (χ1n) is 11.8. The zero-order chi connectivity index (χ0) is 21.9. The van der Waals surface area contributed by atoms with Crippen molar-refractivity contribution in [3.05, 3.63) is 70.8 Å². The van der Waals surface area contributed by atoms with E-state index in [-0.39, 0.29) is 28.5 Å². The molecule has 5 rings (SSSR count). The van der Waals surface area contributed by atoms with Crippen LogP contribution in [0.1, 0.15) is 88.5 Å². The number of hydrogen-bond donors (Lipinski definition) is 0. The minimum absolute atomic E-state index is 0.000983. The van der Waals surface area contributed by atoms with Crippen LogP contribution in [0.2, 0.25) is 0 Å². The second-order valence-electron chi connectivity index (χ2n) is 11.0. The van der Waals surface area contributed by atoms with Gasteiger partial charge < -0.3 is 9.47 Å². The number of carbonyl (C=O) groups excluding carboxylic acids is 1. The standard InChI is InChI=1S/C28H34O3/c1-26(2)18-28(22-16-10-8-14-20(22)26)23-17-11-9-15-21(23)27(3,4)24(28)31-25(29)30-19-12-6-5-7-13-19/h8-11,14-17,19,24H,5-7,12-13,18H2,1-4H3. The van der Waals surface area contributed by atoms with Crippen LogP contribution in [0.15, 0.2) is 48.5 Å². The fourth-order valence-corrected chi connectivity index (χ4v) is 6.85. The molecule has 3 heteroatoms. The maximum Gasteiger partial charge on any atom is 0.508 e. The first kappa shape index (κ1) is 20.6. The van der Waals surface area contributed by atoms with Crippen LogP contribution in [0, 0.1) is 0 Å². The number of hydrogen-bond acceptors (Lipinski definition) is 3. The van der Waals surface area contributed by atoms with Crippen molar-refractivity contribution >= 4 is 6.16 Å². The van der Waals surface area contributed by atoms with Gasteiger partial charge in [0.15, 0.2) is 0 Å². The molecule has 1 fully saturated rings. The van der Waals surface area contributed by atoms with E-state index in [0.29, 0.717) is 0 Å². The Balaban J connectivity index is 1.59. The Morgan fingerprint density at radius 1 is 0.774 bits per heavy atom. The lowest BCUT2D eigenvalue weighted by molar-refractivity contribution is -0.0435. The molecule has 2 unspecified atom stereocenters. The topological polar surface area (TPSA) is 35.5 Å². The lowest BCUT2D eigenvalue weighted by atomic mass is 9.70. The lowest BCUT2D eigenvalue weighted by Crippen LogP contribution is -2.47. The summed E-state index contributed by atoms with van der Waals surface area (Å²) in [6.07, 6.45) is 5.49. The quantitative estimate of drug-likeness (QED) is 0.503. The molecule has 31 heavy (non-hydrogen) atoms. The van der Waals surface area contributed by atoms with Gasteiger partial charge in [-0.15, -0.1) is 0 Å². The summed E-state index contributed by atoms with van der Waals surface area (Å²) in [5.41, 5.74) is 4.57. The van der Waals surface area contributed by atoms with E-state index in [0.717, 1.165) is 32.1 Å². The number of ether oxygens (including phenoxy) is 2. The van der Waals surface area contributed by atoms with Crippen LogP contribution in [0.25, 0.3) is 0 Å². The number of rotatable bonds is 2. The maximum absolute atomic E-state index is 13.1. The van der Waals surface area contributed by atoms with Crippen LogP contribution in [0.3, 0.4) is 0 Å². The van der Waals surface area contributed by atoms with Crippen LogP contribution in [-0.2, 0) is 25.7 Å². The lowest BCUT2D eigenvalue weighted by Gasteiger charge is -2.39. The van der Waals surface area contributed by atoms with E-state index in [2.05, 4.69) is 76.2 Å². The molecule has 0 aliphatic heterocycles. The molecule has 1 saturated carbocycles. The third-order valence-electron chi connectivity index (χ3n) is 8.09. The van der Waals surface area contributed by atoms with Gasteiger partial charge in [0.1, 0.15) is 12.2 Å². The van der Waals surface area contributed by atoms with Gasteiger partial charge >= 0.3 is 6.16 Å². The Bertz CT molecular complexity index is 986. The first-order chi connectivity index (χ1) is 14.8. The molecule has 3 nitrogen and oxygen atoms in total. The SMILES string of the molecule is CC1(C)CC2(c3ccccc31)c1ccccc1C(C)(C)C2OC(=O)OC1CCCCC1. The van der Waals surface area contributed by atoms with E-state index in [1.54, 1.807) is 0 Å². The van der Waals surface area contributed by atoms with Crippen LogP contribution in [0.5, 0.6) is 0 Å². The monoisotopic (exact) mass is 418 g/mol. The van der Waals surface area contributed by atoms with E-state index in [1.165, 1.54) is 28.7 Å². The zero-order valence-electron chi connectivity index (χ0n) is 19.2. The maximum atomic E-state index is 13.1. The van der Waals surface area contributed by atoms with Crippen LogP contribution >= 0.6 is 0 Å². The highest BCUT2D eigenvalue weighted by atomic mass is 16.7. The minimum Gasteiger partial charge on any atom is -0.431 e. The Hall–Kier alpha value is -2.29. The third-order valence-corrected chi connectivity index (χ3v) is 8.09. The molecular weight excluding hydrogens is 384 g/mol. The van der Waals surface area contributed by atoms with Gasteiger partial charge in [0.2, 0.25) is 0 Å². The molecule has 0 N–H and O–H groups in total. The number of benzene rings is 2. The van der Waals surface area contributed by atoms with Crippen LogP contribution < -0.4 is 0 Å². The molecular formula is C28H34O3. The summed E-state index contributed by atoms with van der Waals surface area (Å²) in [6.45, 7) is 9.05. The predicted octanol–water partition coefficient (Wildman–Crippen LogP) is 6.80. The highest BCUT2D eigenvalue weighted by molar-refractivity contribution is 5.66. The summed E-state index contributed by atoms with van der Waals surface area (Å²) in [5.74, 6) is 0. The molecule has 1 spiro atoms. The second kappa shape index (κ2) is 7.12. The van der Waals surface area contributed by atoms with Gasteiger partial charge in [0.25, 0.3) is 0 Å². The molecule has 0 radical (unpaired) electrons. The van der Waals surface area contributed by atoms with E-state index < -0.39 is 6.16 Å². The van der Waals surface area contributed by atoms with Gasteiger partial charge in [0, 0.05) is 5.41 Å². The van der Waals surface area contributed by atoms with Crippen molar-refractivity contribution < 1.29 is 14.3 Å². The third kappa shape index (κ3) is 3.03. The number of carbonyl (C=O) groups is 1. The molecule has 0 heterocycles. The molecule has 0 saturated heterocycles. The molecule has 2 atom stereocenters. The number of fused-ring (bicyclic) bond motifs is 4. The second-order valence-corrected chi connectivity index (χ2v) is 11.0. The average Bonchev–Trinajstić information content (AvgIpc) is 3.10. The van der Waals surface area contributed by atoms with Crippen molar-refractivity contribution in [2.75, 3.05) is 0 Å². The van der Waals surface area contributed by atoms with Gasteiger partial charge in [-0.05, 0) is 59.8 Å². The molecule has 164 valence electrons. The molecule has 0 bridgehead atoms. The summed E-state index contributed by atoms with van der Waals surface area (Å²) in [7, 11) is 0. The largest absolute Gasteiger partial charge is 0.508 e. The first-order valence-corrected chi connectivity index (χ1v) is 11.8. The Morgan fingerprint density at radius 3 is 1.97 bits per heavy atom. The van der Waals surface area contributed by atoms with Crippen molar-refractivity contribution in [1.82, 2.24) is 0 Å². The smallest absolute Gasteiger partial charge is 0.431 e. The average molecular weight is 419 g/mol.